The Morgan fingerprint density at radius 3 is 2.28 bits per heavy atom. The second-order valence-electron chi connectivity index (χ2n) is 6.87. The van der Waals surface area contributed by atoms with E-state index in [1.165, 1.54) is 27.2 Å². The Morgan fingerprint density at radius 1 is 1.00 bits per heavy atom. The predicted molar refractivity (Wildman–Crippen MR) is 100 cm³/mol. The summed E-state index contributed by atoms with van der Waals surface area (Å²) in [5, 5.41) is 2.14. The first-order valence-corrected chi connectivity index (χ1v) is 11.0. The number of nitrogens with zero attached hydrogens (tertiary/aromatic N) is 1. The molecular formula is C18H27N3O2S2+2. The molecular weight excluding hydrogens is 354 g/mol. The fourth-order valence-electron chi connectivity index (χ4n) is 3.29. The number of quaternary nitrogens is 2. The van der Waals surface area contributed by atoms with E-state index >= 15 is 0 Å². The molecule has 1 fully saturated rings. The van der Waals surface area contributed by atoms with E-state index < -0.39 is 10.0 Å². The van der Waals surface area contributed by atoms with E-state index in [0.29, 0.717) is 4.90 Å². The number of hydrogen-bond acceptors (Lipinski definition) is 3. The Morgan fingerprint density at radius 2 is 1.68 bits per heavy atom. The summed E-state index contributed by atoms with van der Waals surface area (Å²) in [6.45, 7) is 6.62. The quantitative estimate of drug-likeness (QED) is 0.708. The molecule has 25 heavy (non-hydrogen) atoms. The van der Waals surface area contributed by atoms with Crippen molar-refractivity contribution in [1.29, 1.82) is 0 Å². The third-order valence-electron chi connectivity index (χ3n) is 4.80. The molecule has 0 radical (unpaired) electrons. The lowest BCUT2D eigenvalue weighted by Gasteiger charge is -2.29. The molecule has 2 N–H and O–H groups in total. The first-order chi connectivity index (χ1) is 11.9. The molecule has 0 atom stereocenters. The SMILES string of the molecule is CN(C)S(=O)(=O)c1cccc(C[NH+]2CC[NH+](Cc3cccs3)CC2)c1. The molecule has 1 saturated heterocycles. The van der Waals surface area contributed by atoms with Crippen LogP contribution in [0.4, 0.5) is 0 Å². The summed E-state index contributed by atoms with van der Waals surface area (Å²) in [5.41, 5.74) is 1.10. The number of benzene rings is 1. The topological polar surface area (TPSA) is 46.3 Å². The van der Waals surface area contributed by atoms with Crippen molar-refractivity contribution in [3.05, 3.63) is 52.2 Å². The van der Waals surface area contributed by atoms with E-state index in [4.69, 9.17) is 0 Å². The van der Waals surface area contributed by atoms with E-state index in [1.54, 1.807) is 25.1 Å². The monoisotopic (exact) mass is 381 g/mol. The van der Waals surface area contributed by atoms with Crippen molar-refractivity contribution in [3.63, 3.8) is 0 Å². The number of sulfonamides is 1. The molecule has 1 aromatic heterocycles. The van der Waals surface area contributed by atoms with E-state index in [1.807, 2.05) is 29.5 Å². The van der Waals surface area contributed by atoms with Crippen molar-refractivity contribution >= 4 is 21.4 Å². The average Bonchev–Trinajstić information content (AvgIpc) is 3.10. The molecule has 1 aliphatic rings. The fraction of sp³-hybridized carbons (Fsp3) is 0.444. The van der Waals surface area contributed by atoms with Crippen molar-refractivity contribution in [2.45, 2.75) is 18.0 Å². The van der Waals surface area contributed by atoms with E-state index in [2.05, 4.69) is 17.5 Å². The lowest BCUT2D eigenvalue weighted by Crippen LogP contribution is -3.27. The first kappa shape index (κ1) is 18.5. The molecule has 0 bridgehead atoms. The molecule has 0 unspecified atom stereocenters. The number of thiophene rings is 1. The molecule has 0 spiro atoms. The molecule has 5 nitrogen and oxygen atoms in total. The minimum absolute atomic E-state index is 0.386. The number of rotatable bonds is 6. The van der Waals surface area contributed by atoms with Gasteiger partial charge in [-0.3, -0.25) is 0 Å². The summed E-state index contributed by atoms with van der Waals surface area (Å²) in [6.07, 6.45) is 0. The average molecular weight is 382 g/mol. The molecule has 3 rings (SSSR count). The van der Waals surface area contributed by atoms with Crippen LogP contribution in [0.3, 0.4) is 0 Å². The highest BCUT2D eigenvalue weighted by molar-refractivity contribution is 7.89. The summed E-state index contributed by atoms with van der Waals surface area (Å²) in [4.78, 5) is 5.03. The maximum Gasteiger partial charge on any atom is 0.242 e. The molecule has 7 heteroatoms. The molecule has 1 aliphatic heterocycles. The lowest BCUT2D eigenvalue weighted by atomic mass is 10.2. The van der Waals surface area contributed by atoms with E-state index in [9.17, 15) is 8.42 Å². The van der Waals surface area contributed by atoms with Crippen molar-refractivity contribution in [3.8, 4) is 0 Å². The van der Waals surface area contributed by atoms with Crippen molar-refractivity contribution in [2.24, 2.45) is 0 Å². The summed E-state index contributed by atoms with van der Waals surface area (Å²) in [6, 6.07) is 11.7. The van der Waals surface area contributed by atoms with Crippen LogP contribution < -0.4 is 9.80 Å². The number of hydrogen-bond donors (Lipinski definition) is 2. The van der Waals surface area contributed by atoms with Gasteiger partial charge in [-0.05, 0) is 23.6 Å². The molecule has 0 amide bonds. The van der Waals surface area contributed by atoms with Gasteiger partial charge in [-0.15, -0.1) is 11.3 Å². The maximum atomic E-state index is 12.3. The minimum atomic E-state index is -3.36. The van der Waals surface area contributed by atoms with Crippen LogP contribution in [0, 0.1) is 0 Å². The van der Waals surface area contributed by atoms with Gasteiger partial charge in [-0.1, -0.05) is 18.2 Å². The fourth-order valence-corrected chi connectivity index (χ4v) is 5.03. The van der Waals surface area contributed by atoms with Gasteiger partial charge in [0, 0.05) is 19.7 Å². The van der Waals surface area contributed by atoms with Crippen molar-refractivity contribution in [1.82, 2.24) is 4.31 Å². The van der Waals surface area contributed by atoms with Crippen LogP contribution in [0.1, 0.15) is 10.4 Å². The molecule has 0 aliphatic carbocycles. The van der Waals surface area contributed by atoms with Gasteiger partial charge in [0.15, 0.2) is 0 Å². The van der Waals surface area contributed by atoms with Crippen LogP contribution in [0.5, 0.6) is 0 Å². The number of nitrogens with one attached hydrogen (secondary N) is 2. The highest BCUT2D eigenvalue weighted by Gasteiger charge is 2.24. The second kappa shape index (κ2) is 7.97. The van der Waals surface area contributed by atoms with Gasteiger partial charge in [-0.2, -0.15) is 0 Å². The smallest absolute Gasteiger partial charge is 0.242 e. The Bertz CT molecular complexity index is 780. The zero-order valence-corrected chi connectivity index (χ0v) is 16.5. The van der Waals surface area contributed by atoms with Crippen LogP contribution in [-0.4, -0.2) is 53.0 Å². The normalized spacial score (nSPS) is 21.6. The highest BCUT2D eigenvalue weighted by atomic mass is 32.2. The van der Waals surface area contributed by atoms with Crippen LogP contribution in [0.15, 0.2) is 46.7 Å². The largest absolute Gasteiger partial charge is 0.322 e. The molecule has 2 heterocycles. The predicted octanol–water partition coefficient (Wildman–Crippen LogP) is -0.518. The summed E-state index contributed by atoms with van der Waals surface area (Å²) >= 11 is 1.84. The summed E-state index contributed by atoms with van der Waals surface area (Å²) in [7, 11) is -0.212. The Labute approximate surface area is 154 Å². The van der Waals surface area contributed by atoms with Gasteiger partial charge in [0.1, 0.15) is 39.3 Å². The minimum Gasteiger partial charge on any atom is -0.322 e. The van der Waals surface area contributed by atoms with Gasteiger partial charge < -0.3 is 9.80 Å². The van der Waals surface area contributed by atoms with Gasteiger partial charge in [0.2, 0.25) is 10.0 Å². The molecule has 136 valence electrons. The van der Waals surface area contributed by atoms with Crippen molar-refractivity contribution in [2.75, 3.05) is 40.3 Å². The second-order valence-corrected chi connectivity index (χ2v) is 10.1. The standard InChI is InChI=1S/C18H25N3O2S2/c1-19(2)25(22,23)18-7-3-5-16(13-18)14-20-8-10-21(11-9-20)15-17-6-4-12-24-17/h3-7,12-13H,8-11,14-15H2,1-2H3/p+2. The van der Waals surface area contributed by atoms with E-state index in [0.717, 1.165) is 31.7 Å². The molecule has 0 saturated carbocycles. The maximum absolute atomic E-state index is 12.3. The van der Waals surface area contributed by atoms with Gasteiger partial charge in [-0.25, -0.2) is 12.7 Å². The van der Waals surface area contributed by atoms with E-state index in [-0.39, 0.29) is 0 Å². The number of piperazine rings is 1. The zero-order chi connectivity index (χ0) is 17.9. The molecule has 1 aromatic carbocycles. The molecule has 2 aromatic rings. The van der Waals surface area contributed by atoms with Crippen LogP contribution in [0.2, 0.25) is 0 Å². The Balaban J connectivity index is 1.57. The summed E-state index contributed by atoms with van der Waals surface area (Å²) < 4.78 is 25.8. The van der Waals surface area contributed by atoms with Gasteiger partial charge in [0.05, 0.1) is 9.77 Å². The third-order valence-corrected chi connectivity index (χ3v) is 7.49. The third kappa shape index (κ3) is 4.68. The Kier molecular flexibility index (Phi) is 5.91. The Hall–Kier alpha value is -1.25. The van der Waals surface area contributed by atoms with Gasteiger partial charge in [0.25, 0.3) is 0 Å². The van der Waals surface area contributed by atoms with Crippen LogP contribution in [0.25, 0.3) is 0 Å². The van der Waals surface area contributed by atoms with Crippen molar-refractivity contribution < 1.29 is 18.2 Å². The summed E-state index contributed by atoms with van der Waals surface area (Å²) in [5.74, 6) is 0. The van der Waals surface area contributed by atoms with Crippen LogP contribution >= 0.6 is 11.3 Å². The first-order valence-electron chi connectivity index (χ1n) is 8.66. The van der Waals surface area contributed by atoms with Gasteiger partial charge >= 0.3 is 0 Å². The highest BCUT2D eigenvalue weighted by Crippen LogP contribution is 2.14. The lowest BCUT2D eigenvalue weighted by molar-refractivity contribution is -1.02. The zero-order valence-electron chi connectivity index (χ0n) is 14.9. The van der Waals surface area contributed by atoms with Crippen LogP contribution in [-0.2, 0) is 23.1 Å².